The van der Waals surface area contributed by atoms with Crippen molar-refractivity contribution in [2.75, 3.05) is 36.4 Å². The van der Waals surface area contributed by atoms with E-state index in [-0.39, 0.29) is 36.2 Å². The molecular formula is C22H27ClN4O2. The van der Waals surface area contributed by atoms with Crippen molar-refractivity contribution in [2.24, 2.45) is 5.73 Å². The summed E-state index contributed by atoms with van der Waals surface area (Å²) in [5.74, 6) is 0.325. The zero-order valence-electron chi connectivity index (χ0n) is 16.3. The molecule has 0 unspecified atom stereocenters. The molecule has 0 saturated carbocycles. The van der Waals surface area contributed by atoms with Crippen molar-refractivity contribution in [3.63, 3.8) is 0 Å². The first-order valence-electron chi connectivity index (χ1n) is 9.83. The van der Waals surface area contributed by atoms with E-state index < -0.39 is 0 Å². The van der Waals surface area contributed by atoms with Gasteiger partial charge in [0.05, 0.1) is 6.54 Å². The van der Waals surface area contributed by atoms with Crippen molar-refractivity contribution in [1.29, 1.82) is 0 Å². The average molecular weight is 415 g/mol. The first-order valence-corrected chi connectivity index (χ1v) is 9.83. The Morgan fingerprint density at radius 2 is 1.90 bits per heavy atom. The highest BCUT2D eigenvalue weighted by molar-refractivity contribution is 5.97. The third-order valence-corrected chi connectivity index (χ3v) is 5.55. The summed E-state index contributed by atoms with van der Waals surface area (Å²) in [4.78, 5) is 28.4. The van der Waals surface area contributed by atoms with Gasteiger partial charge in [0.2, 0.25) is 11.8 Å². The molecule has 0 aromatic heterocycles. The van der Waals surface area contributed by atoms with Gasteiger partial charge in [-0.15, -0.1) is 12.4 Å². The van der Waals surface area contributed by atoms with Crippen molar-refractivity contribution < 1.29 is 9.59 Å². The minimum atomic E-state index is -0.0641. The normalized spacial score (nSPS) is 21.8. The minimum absolute atomic E-state index is 0. The molecule has 0 bridgehead atoms. The van der Waals surface area contributed by atoms with Gasteiger partial charge in [-0.2, -0.15) is 0 Å². The molecule has 2 amide bonds. The Morgan fingerprint density at radius 3 is 2.62 bits per heavy atom. The van der Waals surface area contributed by atoms with Gasteiger partial charge in [0.15, 0.2) is 0 Å². The molecule has 0 spiro atoms. The van der Waals surface area contributed by atoms with Crippen LogP contribution in [0.1, 0.15) is 24.3 Å². The largest absolute Gasteiger partial charge is 0.326 e. The molecule has 2 aromatic rings. The molecule has 2 fully saturated rings. The predicted molar refractivity (Wildman–Crippen MR) is 118 cm³/mol. The number of nitrogens with one attached hydrogen (secondary N) is 1. The zero-order chi connectivity index (χ0) is 19.5. The van der Waals surface area contributed by atoms with E-state index in [0.717, 1.165) is 25.2 Å². The summed E-state index contributed by atoms with van der Waals surface area (Å²) in [6.07, 6.45) is 1.47. The van der Waals surface area contributed by atoms with E-state index in [0.29, 0.717) is 25.2 Å². The molecule has 6 nitrogen and oxygen atoms in total. The SMILES string of the molecule is Cl.N[C@@H]1CN(CC(=O)Nc2cccc(N3CCCC3=O)c2)C[C@H]1c1ccccc1. The van der Waals surface area contributed by atoms with Gasteiger partial charge < -0.3 is 16.0 Å². The number of rotatable bonds is 5. The van der Waals surface area contributed by atoms with Gasteiger partial charge in [0, 0.05) is 49.4 Å². The highest BCUT2D eigenvalue weighted by atomic mass is 35.5. The average Bonchev–Trinajstić information content (AvgIpc) is 3.28. The lowest BCUT2D eigenvalue weighted by molar-refractivity contribution is -0.117. The van der Waals surface area contributed by atoms with E-state index in [1.165, 1.54) is 5.56 Å². The maximum Gasteiger partial charge on any atom is 0.238 e. The summed E-state index contributed by atoms with van der Waals surface area (Å²) >= 11 is 0. The van der Waals surface area contributed by atoms with Crippen LogP contribution >= 0.6 is 12.4 Å². The number of nitrogens with zero attached hydrogens (tertiary/aromatic N) is 2. The molecular weight excluding hydrogens is 388 g/mol. The monoisotopic (exact) mass is 414 g/mol. The van der Waals surface area contributed by atoms with Crippen LogP contribution in [0.2, 0.25) is 0 Å². The summed E-state index contributed by atoms with van der Waals surface area (Å²) in [5.41, 5.74) is 9.10. The van der Waals surface area contributed by atoms with Crippen molar-refractivity contribution in [2.45, 2.75) is 24.8 Å². The minimum Gasteiger partial charge on any atom is -0.326 e. The van der Waals surface area contributed by atoms with Crippen LogP contribution in [0.3, 0.4) is 0 Å². The molecule has 0 aliphatic carbocycles. The smallest absolute Gasteiger partial charge is 0.238 e. The molecule has 2 atom stereocenters. The fourth-order valence-electron chi connectivity index (χ4n) is 4.17. The second kappa shape index (κ2) is 9.39. The molecule has 29 heavy (non-hydrogen) atoms. The molecule has 2 aromatic carbocycles. The van der Waals surface area contributed by atoms with Crippen molar-refractivity contribution in [1.82, 2.24) is 4.90 Å². The Bertz CT molecular complexity index is 861. The Balaban J connectivity index is 0.00000240. The van der Waals surface area contributed by atoms with Gasteiger partial charge in [-0.25, -0.2) is 0 Å². The number of carbonyl (C=O) groups excluding carboxylic acids is 2. The Labute approximate surface area is 177 Å². The predicted octanol–water partition coefficient (Wildman–Crippen LogP) is 2.60. The van der Waals surface area contributed by atoms with Gasteiger partial charge in [0.1, 0.15) is 0 Å². The molecule has 0 radical (unpaired) electrons. The first-order chi connectivity index (χ1) is 13.6. The van der Waals surface area contributed by atoms with E-state index in [9.17, 15) is 9.59 Å². The highest BCUT2D eigenvalue weighted by Gasteiger charge is 2.32. The fraction of sp³-hybridized carbons (Fsp3) is 0.364. The number of anilines is 2. The summed E-state index contributed by atoms with van der Waals surface area (Å²) in [7, 11) is 0. The third-order valence-electron chi connectivity index (χ3n) is 5.55. The molecule has 4 rings (SSSR count). The molecule has 154 valence electrons. The molecule has 2 aliphatic heterocycles. The molecule has 2 saturated heterocycles. The van der Waals surface area contributed by atoms with Crippen LogP contribution in [0.5, 0.6) is 0 Å². The number of amides is 2. The van der Waals surface area contributed by atoms with E-state index >= 15 is 0 Å². The van der Waals surface area contributed by atoms with Crippen molar-refractivity contribution in [3.8, 4) is 0 Å². The van der Waals surface area contributed by atoms with E-state index in [1.54, 1.807) is 4.90 Å². The standard InChI is InChI=1S/C22H26N4O2.ClH/c23-20-14-25(13-19(20)16-6-2-1-3-7-16)15-21(27)24-17-8-4-9-18(12-17)26-11-5-10-22(26)28;/h1-4,6-9,12,19-20H,5,10-11,13-15,23H2,(H,24,27);1H/t19-,20+;/m0./s1. The van der Waals surface area contributed by atoms with Crippen LogP contribution in [0, 0.1) is 0 Å². The van der Waals surface area contributed by atoms with Gasteiger partial charge in [-0.3, -0.25) is 14.5 Å². The molecule has 7 heteroatoms. The van der Waals surface area contributed by atoms with Crippen molar-refractivity contribution >= 4 is 35.6 Å². The van der Waals surface area contributed by atoms with Gasteiger partial charge in [-0.1, -0.05) is 36.4 Å². The van der Waals surface area contributed by atoms with E-state index in [1.807, 2.05) is 42.5 Å². The highest BCUT2D eigenvalue weighted by Crippen LogP contribution is 2.27. The van der Waals surface area contributed by atoms with Crippen LogP contribution in [0.15, 0.2) is 54.6 Å². The van der Waals surface area contributed by atoms with Gasteiger partial charge >= 0.3 is 0 Å². The van der Waals surface area contributed by atoms with Crippen LogP contribution < -0.4 is 16.0 Å². The number of carbonyl (C=O) groups is 2. The van der Waals surface area contributed by atoms with E-state index in [4.69, 9.17) is 5.73 Å². The number of likely N-dealkylation sites (tertiary alicyclic amines) is 1. The third kappa shape index (κ3) is 4.96. The lowest BCUT2D eigenvalue weighted by Gasteiger charge is -2.18. The van der Waals surface area contributed by atoms with Crippen LogP contribution in [-0.2, 0) is 9.59 Å². The number of hydrogen-bond acceptors (Lipinski definition) is 4. The Hall–Kier alpha value is -2.41. The Morgan fingerprint density at radius 1 is 1.10 bits per heavy atom. The maximum atomic E-state index is 12.5. The second-order valence-electron chi connectivity index (χ2n) is 7.62. The number of benzene rings is 2. The topological polar surface area (TPSA) is 78.7 Å². The summed E-state index contributed by atoms with van der Waals surface area (Å²) < 4.78 is 0. The molecule has 2 aliphatic rings. The lowest BCUT2D eigenvalue weighted by Crippen LogP contribution is -2.33. The van der Waals surface area contributed by atoms with Gasteiger partial charge in [0.25, 0.3) is 0 Å². The van der Waals surface area contributed by atoms with Crippen molar-refractivity contribution in [3.05, 3.63) is 60.2 Å². The number of hydrogen-bond donors (Lipinski definition) is 2. The number of halogens is 1. The maximum absolute atomic E-state index is 12.5. The lowest BCUT2D eigenvalue weighted by atomic mass is 9.95. The summed E-state index contributed by atoms with van der Waals surface area (Å²) in [6, 6.07) is 17.8. The summed E-state index contributed by atoms with van der Waals surface area (Å²) in [5, 5.41) is 2.96. The number of nitrogens with two attached hydrogens (primary N) is 1. The second-order valence-corrected chi connectivity index (χ2v) is 7.62. The van der Waals surface area contributed by atoms with Crippen LogP contribution in [0.25, 0.3) is 0 Å². The molecule has 2 heterocycles. The van der Waals surface area contributed by atoms with Crippen LogP contribution in [0.4, 0.5) is 11.4 Å². The van der Waals surface area contributed by atoms with Crippen LogP contribution in [-0.4, -0.2) is 48.9 Å². The van der Waals surface area contributed by atoms with E-state index in [2.05, 4.69) is 22.3 Å². The quantitative estimate of drug-likeness (QED) is 0.788. The molecule has 3 N–H and O–H groups in total. The Kier molecular flexibility index (Phi) is 6.90. The fourth-order valence-corrected chi connectivity index (χ4v) is 4.17. The zero-order valence-corrected chi connectivity index (χ0v) is 17.1. The first kappa shape index (κ1) is 21.3. The van der Waals surface area contributed by atoms with Gasteiger partial charge in [-0.05, 0) is 30.2 Å². The summed E-state index contributed by atoms with van der Waals surface area (Å²) in [6.45, 7) is 2.53.